The number of carboxylic acid groups (broad SMARTS) is 1. The van der Waals surface area contributed by atoms with E-state index in [1.165, 1.54) is 0 Å². The molecule has 6 heteroatoms. The normalized spacial score (nSPS) is 12.2. The van der Waals surface area contributed by atoms with E-state index in [2.05, 4.69) is 4.98 Å². The monoisotopic (exact) mass is 351 g/mol. The first-order valence-corrected chi connectivity index (χ1v) is 8.56. The first kappa shape index (κ1) is 17.8. The summed E-state index contributed by atoms with van der Waals surface area (Å²) in [5.74, 6) is -0.347. The molecule has 0 unspecified atom stereocenters. The number of aryl methyl sites for hydroxylation is 1. The molecule has 0 spiro atoms. The number of hydrogen-bond donors (Lipinski definition) is 2. The van der Waals surface area contributed by atoms with Gasteiger partial charge in [-0.05, 0) is 43.5 Å². The average molecular weight is 351 g/mol. The third-order valence-electron chi connectivity index (χ3n) is 4.27. The molecule has 3 N–H and O–H groups in total. The third kappa shape index (κ3) is 3.50. The first-order chi connectivity index (χ1) is 12.5. The molecular formula is C20H21N3O3. The molecule has 2 aromatic carbocycles. The van der Waals surface area contributed by atoms with Gasteiger partial charge in [0.2, 0.25) is 0 Å². The summed E-state index contributed by atoms with van der Waals surface area (Å²) < 4.78 is 1.55. The molecule has 0 aliphatic carbocycles. The fourth-order valence-electron chi connectivity index (χ4n) is 3.09. The van der Waals surface area contributed by atoms with Gasteiger partial charge >= 0.3 is 5.97 Å². The summed E-state index contributed by atoms with van der Waals surface area (Å²) in [7, 11) is 0. The molecule has 26 heavy (non-hydrogen) atoms. The molecule has 3 rings (SSSR count). The molecule has 0 aliphatic heterocycles. The van der Waals surface area contributed by atoms with Crippen molar-refractivity contribution in [3.8, 4) is 5.69 Å². The molecule has 0 saturated heterocycles. The fraction of sp³-hybridized carbons (Fsp3) is 0.250. The number of hydrogen-bond acceptors (Lipinski definition) is 4. The van der Waals surface area contributed by atoms with Crippen LogP contribution in [0.25, 0.3) is 16.6 Å². The maximum Gasteiger partial charge on any atom is 0.303 e. The summed E-state index contributed by atoms with van der Waals surface area (Å²) in [6, 6.07) is 14.3. The lowest BCUT2D eigenvalue weighted by molar-refractivity contribution is -0.137. The predicted octanol–water partition coefficient (Wildman–Crippen LogP) is 2.81. The molecule has 0 aliphatic rings. The van der Waals surface area contributed by atoms with Gasteiger partial charge in [-0.3, -0.25) is 14.2 Å². The maximum atomic E-state index is 13.3. The Balaban J connectivity index is 2.22. The van der Waals surface area contributed by atoms with E-state index in [1.807, 2.05) is 42.5 Å². The van der Waals surface area contributed by atoms with Gasteiger partial charge in [-0.1, -0.05) is 30.3 Å². The molecule has 0 amide bonds. The van der Waals surface area contributed by atoms with Gasteiger partial charge in [0.15, 0.2) is 0 Å². The van der Waals surface area contributed by atoms with Gasteiger partial charge in [0.05, 0.1) is 22.6 Å². The second-order valence-electron chi connectivity index (χ2n) is 6.29. The second kappa shape index (κ2) is 7.49. The van der Waals surface area contributed by atoms with Crippen molar-refractivity contribution >= 4 is 16.9 Å². The van der Waals surface area contributed by atoms with Crippen molar-refractivity contribution in [3.05, 3.63) is 70.3 Å². The van der Waals surface area contributed by atoms with Crippen LogP contribution >= 0.6 is 0 Å². The Morgan fingerprint density at radius 3 is 2.58 bits per heavy atom. The molecule has 3 aromatic rings. The van der Waals surface area contributed by atoms with Crippen LogP contribution in [0.5, 0.6) is 0 Å². The lowest BCUT2D eigenvalue weighted by atomic mass is 10.0. The molecule has 6 nitrogen and oxygen atoms in total. The molecule has 0 bridgehead atoms. The van der Waals surface area contributed by atoms with E-state index in [9.17, 15) is 9.59 Å². The minimum atomic E-state index is -0.843. The Hall–Kier alpha value is -2.99. The van der Waals surface area contributed by atoms with Crippen molar-refractivity contribution in [2.45, 2.75) is 32.2 Å². The van der Waals surface area contributed by atoms with Gasteiger partial charge in [0, 0.05) is 6.42 Å². The van der Waals surface area contributed by atoms with Crippen molar-refractivity contribution in [1.82, 2.24) is 9.55 Å². The Kier molecular flexibility index (Phi) is 5.14. The molecule has 1 heterocycles. The third-order valence-corrected chi connectivity index (χ3v) is 4.27. The van der Waals surface area contributed by atoms with E-state index in [0.717, 1.165) is 5.56 Å². The summed E-state index contributed by atoms with van der Waals surface area (Å²) in [5, 5.41) is 9.38. The van der Waals surface area contributed by atoms with Crippen LogP contribution in [0.1, 0.15) is 37.2 Å². The summed E-state index contributed by atoms with van der Waals surface area (Å²) in [5.41, 5.74) is 8.00. The molecule has 0 fully saturated rings. The average Bonchev–Trinajstić information content (AvgIpc) is 2.61. The van der Waals surface area contributed by atoms with Gasteiger partial charge in [-0.25, -0.2) is 4.98 Å². The van der Waals surface area contributed by atoms with E-state index >= 15 is 0 Å². The molecule has 134 valence electrons. The number of aromatic nitrogens is 2. The number of fused-ring (bicyclic) bond motifs is 1. The minimum absolute atomic E-state index is 0.0641. The SMILES string of the molecule is C[C@H](N)c1nc2cccc(CCCC(=O)O)c2c(=O)n1-c1ccccc1. The lowest BCUT2D eigenvalue weighted by Gasteiger charge is -2.17. The highest BCUT2D eigenvalue weighted by Gasteiger charge is 2.17. The standard InChI is InChI=1S/C20H21N3O3/c1-13(21)19-22-16-11-5-7-14(8-6-12-17(24)25)18(16)20(26)23(19)15-9-3-2-4-10-15/h2-5,7,9-11,13H,6,8,12,21H2,1H3,(H,24,25)/t13-/m0/s1. The summed E-state index contributed by atoms with van der Waals surface area (Å²) >= 11 is 0. The van der Waals surface area contributed by atoms with Gasteiger partial charge in [-0.15, -0.1) is 0 Å². The van der Waals surface area contributed by atoms with Crippen LogP contribution in [0.2, 0.25) is 0 Å². The quantitative estimate of drug-likeness (QED) is 0.711. The van der Waals surface area contributed by atoms with Crippen LogP contribution < -0.4 is 11.3 Å². The van der Waals surface area contributed by atoms with Crippen LogP contribution in [-0.4, -0.2) is 20.6 Å². The number of rotatable bonds is 6. The van der Waals surface area contributed by atoms with Crippen LogP contribution in [0.4, 0.5) is 0 Å². The molecule has 1 aromatic heterocycles. The number of para-hydroxylation sites is 1. The van der Waals surface area contributed by atoms with Gasteiger partial charge in [0.25, 0.3) is 5.56 Å². The van der Waals surface area contributed by atoms with Gasteiger partial charge in [-0.2, -0.15) is 0 Å². The summed E-state index contributed by atoms with van der Waals surface area (Å²) in [6.45, 7) is 1.80. The number of carbonyl (C=O) groups is 1. The smallest absolute Gasteiger partial charge is 0.303 e. The van der Waals surface area contributed by atoms with Gasteiger partial charge < -0.3 is 10.8 Å². The van der Waals surface area contributed by atoms with Crippen molar-refractivity contribution in [1.29, 1.82) is 0 Å². The van der Waals surface area contributed by atoms with E-state index < -0.39 is 12.0 Å². The highest BCUT2D eigenvalue weighted by atomic mass is 16.4. The molecular weight excluding hydrogens is 330 g/mol. The molecule has 0 saturated carbocycles. The first-order valence-electron chi connectivity index (χ1n) is 8.56. The largest absolute Gasteiger partial charge is 0.481 e. The highest BCUT2D eigenvalue weighted by molar-refractivity contribution is 5.82. The van der Waals surface area contributed by atoms with E-state index in [4.69, 9.17) is 10.8 Å². The predicted molar refractivity (Wildman–Crippen MR) is 101 cm³/mol. The minimum Gasteiger partial charge on any atom is -0.481 e. The Bertz CT molecular complexity index is 994. The Morgan fingerprint density at radius 1 is 1.19 bits per heavy atom. The Morgan fingerprint density at radius 2 is 1.92 bits per heavy atom. The van der Waals surface area contributed by atoms with Crippen molar-refractivity contribution in [2.75, 3.05) is 0 Å². The van der Waals surface area contributed by atoms with Gasteiger partial charge in [0.1, 0.15) is 5.82 Å². The molecule has 1 atom stereocenters. The topological polar surface area (TPSA) is 98.2 Å². The van der Waals surface area contributed by atoms with Crippen molar-refractivity contribution in [3.63, 3.8) is 0 Å². The van der Waals surface area contributed by atoms with E-state index in [-0.39, 0.29) is 12.0 Å². The van der Waals surface area contributed by atoms with Crippen LogP contribution in [0, 0.1) is 0 Å². The number of aliphatic carboxylic acids is 1. The maximum absolute atomic E-state index is 13.3. The lowest BCUT2D eigenvalue weighted by Crippen LogP contribution is -2.28. The Labute approximate surface area is 150 Å². The highest BCUT2D eigenvalue weighted by Crippen LogP contribution is 2.20. The van der Waals surface area contributed by atoms with E-state index in [0.29, 0.717) is 35.3 Å². The second-order valence-corrected chi connectivity index (χ2v) is 6.29. The zero-order valence-corrected chi connectivity index (χ0v) is 14.6. The van der Waals surface area contributed by atoms with Crippen LogP contribution in [0.3, 0.4) is 0 Å². The fourth-order valence-corrected chi connectivity index (χ4v) is 3.09. The summed E-state index contributed by atoms with van der Waals surface area (Å²) in [6.07, 6.45) is 1.04. The zero-order chi connectivity index (χ0) is 18.7. The number of nitrogens with zero attached hydrogens (tertiary/aromatic N) is 2. The van der Waals surface area contributed by atoms with Crippen LogP contribution in [-0.2, 0) is 11.2 Å². The molecule has 0 radical (unpaired) electrons. The number of benzene rings is 2. The van der Waals surface area contributed by atoms with E-state index in [1.54, 1.807) is 17.6 Å². The van der Waals surface area contributed by atoms with Crippen molar-refractivity contribution < 1.29 is 9.90 Å². The number of carboxylic acids is 1. The zero-order valence-electron chi connectivity index (χ0n) is 14.6. The number of nitrogens with two attached hydrogens (primary N) is 1. The summed E-state index contributed by atoms with van der Waals surface area (Å²) in [4.78, 5) is 28.7. The van der Waals surface area contributed by atoms with Crippen LogP contribution in [0.15, 0.2) is 53.3 Å². The van der Waals surface area contributed by atoms with Crippen molar-refractivity contribution in [2.24, 2.45) is 5.73 Å².